The van der Waals surface area contributed by atoms with Crippen LogP contribution in [0.1, 0.15) is 47.2 Å². The van der Waals surface area contributed by atoms with Crippen molar-refractivity contribution >= 4 is 38.6 Å². The Morgan fingerprint density at radius 1 is 0.393 bits per heavy atom. The summed E-state index contributed by atoms with van der Waals surface area (Å²) in [6.07, 6.45) is 0. The number of rotatable bonds is 3. The molecule has 9 aromatic rings. The zero-order chi connectivity index (χ0) is 37.2. The van der Waals surface area contributed by atoms with Gasteiger partial charge in [0.25, 0.3) is 0 Å². The third-order valence-corrected chi connectivity index (χ3v) is 12.9. The van der Waals surface area contributed by atoms with Gasteiger partial charge >= 0.3 is 0 Å². The van der Waals surface area contributed by atoms with Crippen LogP contribution in [0.3, 0.4) is 0 Å². The summed E-state index contributed by atoms with van der Waals surface area (Å²) >= 11 is 0. The topological polar surface area (TPSA) is 12.5 Å². The summed E-state index contributed by atoms with van der Waals surface area (Å²) in [7, 11) is 0. The van der Waals surface area contributed by atoms with Gasteiger partial charge in [-0.2, -0.15) is 0 Å². The van der Waals surface area contributed by atoms with Gasteiger partial charge in [-0.05, 0) is 103 Å². The zero-order valence-electron chi connectivity index (χ0n) is 31.3. The first-order valence-electron chi connectivity index (χ1n) is 19.6. The molecule has 3 aliphatic rings. The molecule has 0 bridgehead atoms. The maximum atomic E-state index is 6.69. The van der Waals surface area contributed by atoms with Gasteiger partial charge in [0.1, 0.15) is 11.5 Å². The number of anilines is 3. The van der Waals surface area contributed by atoms with E-state index in [0.29, 0.717) is 0 Å². The van der Waals surface area contributed by atoms with Crippen LogP contribution >= 0.6 is 0 Å². The lowest BCUT2D eigenvalue weighted by atomic mass is 9.58. The van der Waals surface area contributed by atoms with Crippen molar-refractivity contribution in [2.75, 3.05) is 4.90 Å². The van der Waals surface area contributed by atoms with E-state index in [1.165, 1.54) is 77.2 Å². The van der Waals surface area contributed by atoms with Gasteiger partial charge in [0.15, 0.2) is 0 Å². The summed E-state index contributed by atoms with van der Waals surface area (Å²) < 4.78 is 6.69. The average molecular weight is 716 g/mol. The standard InChI is InChI=1S/C54H37NO/c1-53(2)43-19-7-5-16-38(43)40-29-28-37(33-48(40)53)55(36-27-26-34-14-3-4-15-35(34)32-36)49-31-30-41-39-17-6-8-20-44(39)54(47-23-13-18-42(49)52(41)47)45-21-9-11-24-50(45)56-51-25-12-10-22-46(51)54/h3-33H,1-2H3. The number of ether oxygens (including phenoxy) is 1. The molecule has 0 atom stereocenters. The number of fused-ring (bicyclic) bond motifs is 12. The van der Waals surface area contributed by atoms with Gasteiger partial charge in [-0.25, -0.2) is 0 Å². The smallest absolute Gasteiger partial charge is 0.132 e. The molecule has 0 amide bonds. The van der Waals surface area contributed by atoms with Crippen molar-refractivity contribution in [3.05, 3.63) is 221 Å². The normalized spacial score (nSPS) is 14.7. The van der Waals surface area contributed by atoms with Crippen molar-refractivity contribution < 1.29 is 4.74 Å². The van der Waals surface area contributed by atoms with E-state index in [2.05, 4.69) is 207 Å². The number of benzene rings is 9. The highest BCUT2D eigenvalue weighted by Crippen LogP contribution is 2.62. The van der Waals surface area contributed by atoms with Gasteiger partial charge in [0, 0.05) is 33.3 Å². The molecule has 1 spiro atoms. The Kier molecular flexibility index (Phi) is 6.36. The Hall–Kier alpha value is -6.90. The molecule has 0 saturated carbocycles. The van der Waals surface area contributed by atoms with Crippen molar-refractivity contribution in [3.63, 3.8) is 0 Å². The van der Waals surface area contributed by atoms with Crippen LogP contribution in [0.2, 0.25) is 0 Å². The molecule has 2 nitrogen and oxygen atoms in total. The summed E-state index contributed by atoms with van der Waals surface area (Å²) in [6, 6.07) is 69.5. The Morgan fingerprint density at radius 2 is 0.946 bits per heavy atom. The van der Waals surface area contributed by atoms with E-state index in [0.717, 1.165) is 28.6 Å². The van der Waals surface area contributed by atoms with Crippen molar-refractivity contribution in [3.8, 4) is 33.8 Å². The summed E-state index contributed by atoms with van der Waals surface area (Å²) in [5.41, 5.74) is 15.5. The van der Waals surface area contributed by atoms with E-state index >= 15 is 0 Å². The monoisotopic (exact) mass is 715 g/mol. The van der Waals surface area contributed by atoms with Crippen LogP contribution in [-0.4, -0.2) is 0 Å². The van der Waals surface area contributed by atoms with Gasteiger partial charge < -0.3 is 9.64 Å². The van der Waals surface area contributed by atoms with Crippen LogP contribution in [0, 0.1) is 0 Å². The molecule has 1 aliphatic heterocycles. The van der Waals surface area contributed by atoms with Gasteiger partial charge in [-0.15, -0.1) is 0 Å². The van der Waals surface area contributed by atoms with E-state index in [-0.39, 0.29) is 5.41 Å². The maximum absolute atomic E-state index is 6.69. The summed E-state index contributed by atoms with van der Waals surface area (Å²) in [4.78, 5) is 2.49. The van der Waals surface area contributed by atoms with Crippen molar-refractivity contribution in [2.45, 2.75) is 24.7 Å². The minimum absolute atomic E-state index is 0.128. The van der Waals surface area contributed by atoms with Crippen molar-refractivity contribution in [2.24, 2.45) is 0 Å². The first-order valence-corrected chi connectivity index (χ1v) is 19.6. The molecule has 0 radical (unpaired) electrons. The summed E-state index contributed by atoms with van der Waals surface area (Å²) in [5, 5.41) is 4.94. The number of nitrogens with zero attached hydrogens (tertiary/aromatic N) is 1. The molecule has 12 rings (SSSR count). The predicted molar refractivity (Wildman–Crippen MR) is 231 cm³/mol. The van der Waals surface area contributed by atoms with E-state index in [9.17, 15) is 0 Å². The molecule has 0 saturated heterocycles. The molecule has 0 N–H and O–H groups in total. The third kappa shape index (κ3) is 4.06. The first-order chi connectivity index (χ1) is 27.5. The maximum Gasteiger partial charge on any atom is 0.132 e. The van der Waals surface area contributed by atoms with Gasteiger partial charge in [-0.1, -0.05) is 159 Å². The minimum atomic E-state index is -0.579. The lowest BCUT2D eigenvalue weighted by Gasteiger charge is -2.45. The fourth-order valence-corrected chi connectivity index (χ4v) is 10.5. The molecular weight excluding hydrogens is 679 g/mol. The molecule has 2 aliphatic carbocycles. The van der Waals surface area contributed by atoms with Crippen LogP contribution in [0.5, 0.6) is 11.5 Å². The second-order valence-electron chi connectivity index (χ2n) is 16.0. The summed E-state index contributed by atoms with van der Waals surface area (Å²) in [5.74, 6) is 1.80. The highest BCUT2D eigenvalue weighted by molar-refractivity contribution is 6.12. The van der Waals surface area contributed by atoms with Crippen LogP contribution in [0.25, 0.3) is 43.8 Å². The van der Waals surface area contributed by atoms with E-state index in [1.54, 1.807) is 0 Å². The quantitative estimate of drug-likeness (QED) is 0.181. The van der Waals surface area contributed by atoms with Gasteiger partial charge in [0.2, 0.25) is 0 Å². The first kappa shape index (κ1) is 31.5. The van der Waals surface area contributed by atoms with Crippen LogP contribution in [0.4, 0.5) is 17.1 Å². The minimum Gasteiger partial charge on any atom is -0.457 e. The van der Waals surface area contributed by atoms with Crippen molar-refractivity contribution in [1.29, 1.82) is 0 Å². The largest absolute Gasteiger partial charge is 0.457 e. The van der Waals surface area contributed by atoms with E-state index in [4.69, 9.17) is 4.74 Å². The van der Waals surface area contributed by atoms with Crippen LogP contribution in [-0.2, 0) is 10.8 Å². The molecule has 9 aromatic carbocycles. The van der Waals surface area contributed by atoms with E-state index < -0.39 is 5.41 Å². The van der Waals surface area contributed by atoms with Gasteiger partial charge in [-0.3, -0.25) is 0 Å². The summed E-state index contributed by atoms with van der Waals surface area (Å²) in [6.45, 7) is 4.73. The molecule has 0 unspecified atom stereocenters. The highest BCUT2D eigenvalue weighted by atomic mass is 16.5. The molecule has 0 aromatic heterocycles. The molecule has 2 heteroatoms. The molecule has 264 valence electrons. The number of para-hydroxylation sites is 2. The highest BCUT2D eigenvalue weighted by Gasteiger charge is 2.49. The molecule has 56 heavy (non-hydrogen) atoms. The molecule has 1 heterocycles. The zero-order valence-corrected chi connectivity index (χ0v) is 31.3. The predicted octanol–water partition coefficient (Wildman–Crippen LogP) is 14.2. The SMILES string of the molecule is CC1(C)c2ccccc2-c2ccc(N(c3ccc4ccccc4c3)c3ccc4c5c(cccc35)C3(c5ccccc5Oc5ccccc53)c3ccccc3-4)cc21. The average Bonchev–Trinajstić information content (AvgIpc) is 3.48. The Balaban J connectivity index is 1.18. The lowest BCUT2D eigenvalue weighted by molar-refractivity contribution is 0.435. The lowest BCUT2D eigenvalue weighted by Crippen LogP contribution is -2.36. The number of hydrogen-bond donors (Lipinski definition) is 0. The van der Waals surface area contributed by atoms with E-state index in [1.807, 2.05) is 0 Å². The number of hydrogen-bond acceptors (Lipinski definition) is 2. The molecule has 0 fully saturated rings. The van der Waals surface area contributed by atoms with Crippen molar-refractivity contribution in [1.82, 2.24) is 0 Å². The van der Waals surface area contributed by atoms with Gasteiger partial charge in [0.05, 0.1) is 11.1 Å². The molecular formula is C54H37NO. The second kappa shape index (κ2) is 11.3. The Labute approximate surface area is 326 Å². The fraction of sp³-hybridized carbons (Fsp3) is 0.0741. The Morgan fingerprint density at radius 3 is 1.71 bits per heavy atom. The fourth-order valence-electron chi connectivity index (χ4n) is 10.5. The second-order valence-corrected chi connectivity index (χ2v) is 16.0. The van der Waals surface area contributed by atoms with Crippen LogP contribution < -0.4 is 9.64 Å². The van der Waals surface area contributed by atoms with Crippen LogP contribution in [0.15, 0.2) is 188 Å². The Bertz CT molecular complexity index is 3070. The third-order valence-electron chi connectivity index (χ3n) is 12.9.